The minimum absolute atomic E-state index is 0.0324. The number of nitrogens with one attached hydrogen (secondary N) is 2. The van der Waals surface area contributed by atoms with Gasteiger partial charge in [0.2, 0.25) is 5.88 Å². The topological polar surface area (TPSA) is 98.1 Å². The Morgan fingerprint density at radius 3 is 2.58 bits per heavy atom. The van der Waals surface area contributed by atoms with E-state index in [1.807, 2.05) is 6.92 Å². The first kappa shape index (κ1) is 28.3. The van der Waals surface area contributed by atoms with Gasteiger partial charge in [-0.15, -0.1) is 5.10 Å². The molecule has 1 aliphatic heterocycles. The molecular weight excluding hydrogens is 545 g/mol. The number of nitrogens with zero attached hydrogens (tertiary/aromatic N) is 3. The quantitative estimate of drug-likeness (QED) is 0.299. The van der Waals surface area contributed by atoms with Crippen molar-refractivity contribution in [1.82, 2.24) is 20.1 Å². The Balaban J connectivity index is 1.64. The van der Waals surface area contributed by atoms with Gasteiger partial charge in [0.25, 0.3) is 11.8 Å². The molecule has 8 nitrogen and oxygen atoms in total. The molecule has 1 atom stereocenters. The third-order valence-corrected chi connectivity index (χ3v) is 7.82. The van der Waals surface area contributed by atoms with Gasteiger partial charge in [0.15, 0.2) is 5.82 Å². The number of amides is 2. The predicted molar refractivity (Wildman–Crippen MR) is 153 cm³/mol. The van der Waals surface area contributed by atoms with E-state index in [0.717, 1.165) is 24.3 Å². The van der Waals surface area contributed by atoms with Crippen molar-refractivity contribution in [3.05, 3.63) is 63.4 Å². The van der Waals surface area contributed by atoms with Crippen LogP contribution in [0.4, 0.5) is 5.69 Å². The average Bonchev–Trinajstić information content (AvgIpc) is 3.25. The zero-order chi connectivity index (χ0) is 27.4. The van der Waals surface area contributed by atoms with E-state index in [9.17, 15) is 9.59 Å². The molecule has 2 amide bonds. The maximum Gasteiger partial charge on any atom is 0.274 e. The molecule has 1 aliphatic rings. The van der Waals surface area contributed by atoms with Crippen LogP contribution in [0, 0.1) is 12.8 Å². The fourth-order valence-corrected chi connectivity index (χ4v) is 4.99. The second-order valence-corrected chi connectivity index (χ2v) is 11.7. The molecule has 202 valence electrons. The van der Waals surface area contributed by atoms with Crippen molar-refractivity contribution >= 4 is 52.5 Å². The van der Waals surface area contributed by atoms with Gasteiger partial charge in [-0.1, -0.05) is 37.0 Å². The van der Waals surface area contributed by atoms with Crippen molar-refractivity contribution in [2.75, 3.05) is 16.8 Å². The summed E-state index contributed by atoms with van der Waals surface area (Å²) in [5.41, 5.74) is 1.46. The Morgan fingerprint density at radius 2 is 1.92 bits per heavy atom. The number of carbonyl (C=O) groups is 2. The number of benzene rings is 1. The van der Waals surface area contributed by atoms with E-state index in [1.54, 1.807) is 55.2 Å². The molecule has 2 aromatic heterocycles. The van der Waals surface area contributed by atoms with Crippen LogP contribution in [0.25, 0.3) is 5.82 Å². The summed E-state index contributed by atoms with van der Waals surface area (Å²) in [6.07, 6.45) is 3.44. The molecule has 1 aromatic carbocycles. The normalized spacial score (nSPS) is 14.2. The average molecular weight is 577 g/mol. The lowest BCUT2D eigenvalue weighted by molar-refractivity contribution is 0.0938. The van der Waals surface area contributed by atoms with Gasteiger partial charge in [-0.25, -0.2) is 9.67 Å². The standard InChI is InChI=1S/C27H31Cl2N5O3S/c1-15(2)7-8-17(4)31-26(35)20-11-18(28)10-16(3)24(20)32-27(36)22-12-23(37-19-13-38-14-19)33-34(22)25-21(29)6-5-9-30-25/h5-6,9-12,15,17,19H,7-8,13-14H2,1-4H3,(H,31,35)(H,32,36). The number of thioether (sulfide) groups is 1. The second kappa shape index (κ2) is 12.4. The van der Waals surface area contributed by atoms with Crippen molar-refractivity contribution in [2.24, 2.45) is 5.92 Å². The summed E-state index contributed by atoms with van der Waals surface area (Å²) in [4.78, 5) is 31.2. The lowest BCUT2D eigenvalue weighted by Gasteiger charge is -2.24. The van der Waals surface area contributed by atoms with Crippen LogP contribution in [0.3, 0.4) is 0 Å². The van der Waals surface area contributed by atoms with Crippen LogP contribution in [-0.2, 0) is 0 Å². The molecule has 1 saturated heterocycles. The highest BCUT2D eigenvalue weighted by Gasteiger charge is 2.26. The highest BCUT2D eigenvalue weighted by atomic mass is 35.5. The summed E-state index contributed by atoms with van der Waals surface area (Å²) >= 11 is 14.5. The number of hydrogen-bond donors (Lipinski definition) is 2. The summed E-state index contributed by atoms with van der Waals surface area (Å²) in [7, 11) is 0. The molecule has 2 N–H and O–H groups in total. The maximum atomic E-state index is 13.6. The van der Waals surface area contributed by atoms with Gasteiger partial charge in [0, 0.05) is 34.8 Å². The number of aromatic nitrogens is 3. The molecule has 4 rings (SSSR count). The molecule has 0 bridgehead atoms. The van der Waals surface area contributed by atoms with Crippen LogP contribution in [0.5, 0.6) is 5.88 Å². The van der Waals surface area contributed by atoms with Crippen molar-refractivity contribution in [3.63, 3.8) is 0 Å². The maximum absolute atomic E-state index is 13.6. The molecular formula is C27H31Cl2N5O3S. The Bertz CT molecular complexity index is 1330. The molecule has 0 radical (unpaired) electrons. The fourth-order valence-electron chi connectivity index (χ4n) is 3.95. The molecule has 0 aliphatic carbocycles. The number of aryl methyl sites for hydroxylation is 1. The highest BCUT2D eigenvalue weighted by molar-refractivity contribution is 8.00. The highest BCUT2D eigenvalue weighted by Crippen LogP contribution is 2.29. The van der Waals surface area contributed by atoms with Crippen LogP contribution >= 0.6 is 35.0 Å². The van der Waals surface area contributed by atoms with Gasteiger partial charge in [0.05, 0.1) is 16.3 Å². The van der Waals surface area contributed by atoms with Gasteiger partial charge in [0.1, 0.15) is 11.8 Å². The first-order valence-electron chi connectivity index (χ1n) is 12.5. The number of carbonyl (C=O) groups excluding carboxylic acids is 2. The zero-order valence-electron chi connectivity index (χ0n) is 21.8. The summed E-state index contributed by atoms with van der Waals surface area (Å²) in [6.45, 7) is 8.05. The monoisotopic (exact) mass is 575 g/mol. The SMILES string of the molecule is Cc1cc(Cl)cc(C(=O)NC(C)CCC(C)C)c1NC(=O)c1cc(OC2CSC2)nn1-c1ncccc1Cl. The number of hydrogen-bond acceptors (Lipinski definition) is 6. The van der Waals surface area contributed by atoms with E-state index in [4.69, 9.17) is 27.9 Å². The Labute approximate surface area is 236 Å². The molecule has 0 saturated carbocycles. The minimum atomic E-state index is -0.496. The van der Waals surface area contributed by atoms with E-state index >= 15 is 0 Å². The first-order valence-corrected chi connectivity index (χ1v) is 14.4. The third-order valence-electron chi connectivity index (χ3n) is 6.09. The van der Waals surface area contributed by atoms with E-state index < -0.39 is 5.91 Å². The summed E-state index contributed by atoms with van der Waals surface area (Å²) in [6, 6.07) is 8.15. The Hall–Kier alpha value is -2.75. The van der Waals surface area contributed by atoms with E-state index in [0.29, 0.717) is 38.9 Å². The molecule has 1 unspecified atom stereocenters. The number of rotatable bonds is 10. The molecule has 0 spiro atoms. The van der Waals surface area contributed by atoms with Crippen molar-refractivity contribution in [3.8, 4) is 11.7 Å². The molecule has 11 heteroatoms. The molecule has 1 fully saturated rings. The molecule has 38 heavy (non-hydrogen) atoms. The van der Waals surface area contributed by atoms with E-state index in [2.05, 4.69) is 34.6 Å². The van der Waals surface area contributed by atoms with Gasteiger partial charge in [-0.2, -0.15) is 11.8 Å². The molecule has 3 aromatic rings. The van der Waals surface area contributed by atoms with Crippen LogP contribution in [0.15, 0.2) is 36.5 Å². The van der Waals surface area contributed by atoms with Crippen LogP contribution in [0.2, 0.25) is 10.0 Å². The largest absolute Gasteiger partial charge is 0.472 e. The van der Waals surface area contributed by atoms with Gasteiger partial charge in [-0.05, 0) is 62.4 Å². The number of halogens is 2. The summed E-state index contributed by atoms with van der Waals surface area (Å²) in [5, 5.41) is 11.1. The fraction of sp³-hybridized carbons (Fsp3) is 0.407. The lowest BCUT2D eigenvalue weighted by atomic mass is 10.0. The molecule has 3 heterocycles. The van der Waals surface area contributed by atoms with Crippen LogP contribution < -0.4 is 15.4 Å². The van der Waals surface area contributed by atoms with Gasteiger partial charge >= 0.3 is 0 Å². The van der Waals surface area contributed by atoms with Crippen LogP contribution in [-0.4, -0.2) is 50.2 Å². The lowest BCUT2D eigenvalue weighted by Crippen LogP contribution is -2.33. The minimum Gasteiger partial charge on any atom is -0.472 e. The van der Waals surface area contributed by atoms with Gasteiger partial charge in [-0.3, -0.25) is 9.59 Å². The second-order valence-electron chi connectivity index (χ2n) is 9.81. The van der Waals surface area contributed by atoms with Crippen LogP contribution in [0.1, 0.15) is 60.0 Å². The van der Waals surface area contributed by atoms with Crippen molar-refractivity contribution in [1.29, 1.82) is 0 Å². The third kappa shape index (κ3) is 6.81. The predicted octanol–water partition coefficient (Wildman–Crippen LogP) is 6.18. The smallest absolute Gasteiger partial charge is 0.274 e. The number of anilines is 1. The summed E-state index contributed by atoms with van der Waals surface area (Å²) < 4.78 is 7.29. The number of ether oxygens (including phenoxy) is 1. The van der Waals surface area contributed by atoms with Gasteiger partial charge < -0.3 is 15.4 Å². The zero-order valence-corrected chi connectivity index (χ0v) is 24.1. The first-order chi connectivity index (χ1) is 18.1. The number of pyridine rings is 1. The summed E-state index contributed by atoms with van der Waals surface area (Å²) in [5.74, 6) is 2.04. The van der Waals surface area contributed by atoms with Crippen molar-refractivity contribution in [2.45, 2.75) is 52.7 Å². The Morgan fingerprint density at radius 1 is 1.16 bits per heavy atom. The van der Waals surface area contributed by atoms with E-state index in [-0.39, 0.29) is 29.3 Å². The van der Waals surface area contributed by atoms with E-state index in [1.165, 1.54) is 4.68 Å². The Kier molecular flexibility index (Phi) is 9.23. The van der Waals surface area contributed by atoms with Crippen molar-refractivity contribution < 1.29 is 14.3 Å².